The Morgan fingerprint density at radius 3 is 2.70 bits per heavy atom. The standard InChI is InChI=1S/C17H23NO5/c1-16(2,3)23-15(20)18(8-9-19)13-6-7-14-12(10-13)11-21-17(4,5)22-14/h6-7,9-10H,8,11H2,1-5H3. The zero-order valence-corrected chi connectivity index (χ0v) is 14.2. The second-order valence-electron chi connectivity index (χ2n) is 6.84. The summed E-state index contributed by atoms with van der Waals surface area (Å²) in [5.74, 6) is 0.0301. The van der Waals surface area contributed by atoms with E-state index < -0.39 is 17.5 Å². The highest BCUT2D eigenvalue weighted by molar-refractivity contribution is 5.91. The molecule has 2 rings (SSSR count). The average Bonchev–Trinajstić information content (AvgIpc) is 2.41. The van der Waals surface area contributed by atoms with Crippen LogP contribution in [0.25, 0.3) is 0 Å². The van der Waals surface area contributed by atoms with E-state index in [-0.39, 0.29) is 6.54 Å². The fraction of sp³-hybridized carbons (Fsp3) is 0.529. The largest absolute Gasteiger partial charge is 0.463 e. The highest BCUT2D eigenvalue weighted by Gasteiger charge is 2.29. The summed E-state index contributed by atoms with van der Waals surface area (Å²) < 4.78 is 16.7. The maximum Gasteiger partial charge on any atom is 0.415 e. The number of amides is 1. The van der Waals surface area contributed by atoms with Gasteiger partial charge in [0.1, 0.15) is 17.6 Å². The van der Waals surface area contributed by atoms with Crippen molar-refractivity contribution in [2.24, 2.45) is 0 Å². The second kappa shape index (κ2) is 6.20. The maximum absolute atomic E-state index is 12.3. The van der Waals surface area contributed by atoms with Crippen LogP contribution in [0.1, 0.15) is 40.2 Å². The van der Waals surface area contributed by atoms with Crippen molar-refractivity contribution in [3.05, 3.63) is 23.8 Å². The molecule has 0 aliphatic carbocycles. The molecule has 1 aromatic rings. The van der Waals surface area contributed by atoms with Gasteiger partial charge < -0.3 is 19.0 Å². The molecule has 0 radical (unpaired) electrons. The number of ether oxygens (including phenoxy) is 3. The number of carbonyl (C=O) groups excluding carboxylic acids is 2. The van der Waals surface area contributed by atoms with E-state index in [1.807, 2.05) is 13.8 Å². The van der Waals surface area contributed by atoms with Crippen molar-refractivity contribution in [1.29, 1.82) is 0 Å². The highest BCUT2D eigenvalue weighted by atomic mass is 16.7. The molecule has 0 N–H and O–H groups in total. The first kappa shape index (κ1) is 17.3. The van der Waals surface area contributed by atoms with Gasteiger partial charge in [0.15, 0.2) is 0 Å². The van der Waals surface area contributed by atoms with Gasteiger partial charge in [-0.3, -0.25) is 4.90 Å². The first-order valence-corrected chi connectivity index (χ1v) is 7.51. The zero-order chi connectivity index (χ0) is 17.3. The van der Waals surface area contributed by atoms with Gasteiger partial charge in [0.25, 0.3) is 0 Å². The Balaban J connectivity index is 2.27. The van der Waals surface area contributed by atoms with Gasteiger partial charge in [-0.2, -0.15) is 0 Å². The number of aldehydes is 1. The van der Waals surface area contributed by atoms with Gasteiger partial charge >= 0.3 is 6.09 Å². The van der Waals surface area contributed by atoms with Crippen LogP contribution in [0.3, 0.4) is 0 Å². The molecule has 0 aromatic heterocycles. The van der Waals surface area contributed by atoms with E-state index in [1.165, 1.54) is 4.90 Å². The third-order valence-corrected chi connectivity index (χ3v) is 3.16. The molecule has 6 heteroatoms. The van der Waals surface area contributed by atoms with Crippen LogP contribution in [-0.2, 0) is 20.9 Å². The Hall–Kier alpha value is -2.08. The minimum Gasteiger partial charge on any atom is -0.463 e. The second-order valence-corrected chi connectivity index (χ2v) is 6.84. The van der Waals surface area contributed by atoms with E-state index in [0.29, 0.717) is 24.3 Å². The molecule has 0 saturated heterocycles. The lowest BCUT2D eigenvalue weighted by atomic mass is 10.1. The van der Waals surface area contributed by atoms with Crippen LogP contribution in [0.5, 0.6) is 5.75 Å². The predicted molar refractivity (Wildman–Crippen MR) is 85.6 cm³/mol. The lowest BCUT2D eigenvalue weighted by Gasteiger charge is -2.33. The number of carbonyl (C=O) groups is 2. The van der Waals surface area contributed by atoms with E-state index >= 15 is 0 Å². The minimum absolute atomic E-state index is 0.0824. The smallest absolute Gasteiger partial charge is 0.415 e. The molecule has 0 unspecified atom stereocenters. The Morgan fingerprint density at radius 2 is 2.09 bits per heavy atom. The van der Waals surface area contributed by atoms with Gasteiger partial charge in [-0.25, -0.2) is 4.79 Å². The van der Waals surface area contributed by atoms with Crippen LogP contribution in [0.4, 0.5) is 10.5 Å². The summed E-state index contributed by atoms with van der Waals surface area (Å²) >= 11 is 0. The lowest BCUT2D eigenvalue weighted by Crippen LogP contribution is -2.38. The molecule has 1 amide bonds. The van der Waals surface area contributed by atoms with Gasteiger partial charge in [0.2, 0.25) is 5.79 Å². The van der Waals surface area contributed by atoms with Crippen LogP contribution in [0, 0.1) is 0 Å². The maximum atomic E-state index is 12.3. The lowest BCUT2D eigenvalue weighted by molar-refractivity contribution is -0.180. The van der Waals surface area contributed by atoms with E-state index in [9.17, 15) is 9.59 Å². The van der Waals surface area contributed by atoms with Crippen LogP contribution < -0.4 is 9.64 Å². The Bertz CT molecular complexity index is 603. The van der Waals surface area contributed by atoms with Crippen LogP contribution in [-0.4, -0.2) is 30.3 Å². The molecule has 126 valence electrons. The first-order valence-electron chi connectivity index (χ1n) is 7.51. The summed E-state index contributed by atoms with van der Waals surface area (Å²) in [6, 6.07) is 5.28. The number of rotatable bonds is 3. The topological polar surface area (TPSA) is 65.1 Å². The van der Waals surface area contributed by atoms with E-state index in [0.717, 1.165) is 5.56 Å². The molecule has 1 aromatic carbocycles. The van der Waals surface area contributed by atoms with Gasteiger partial charge in [-0.1, -0.05) is 0 Å². The zero-order valence-electron chi connectivity index (χ0n) is 14.2. The van der Waals surface area contributed by atoms with Crippen LogP contribution in [0.15, 0.2) is 18.2 Å². The highest BCUT2D eigenvalue weighted by Crippen LogP contribution is 2.34. The summed E-state index contributed by atoms with van der Waals surface area (Å²) in [6.45, 7) is 9.30. The van der Waals surface area contributed by atoms with Crippen molar-refractivity contribution in [3.8, 4) is 5.75 Å². The third-order valence-electron chi connectivity index (χ3n) is 3.16. The molecule has 6 nitrogen and oxygen atoms in total. The molecular formula is C17H23NO5. The molecule has 1 heterocycles. The van der Waals surface area contributed by atoms with Gasteiger partial charge in [-0.05, 0) is 39.0 Å². The monoisotopic (exact) mass is 321 g/mol. The molecule has 0 bridgehead atoms. The molecule has 0 saturated carbocycles. The predicted octanol–water partition coefficient (Wildman–Crippen LogP) is 3.27. The van der Waals surface area contributed by atoms with Crippen LogP contribution >= 0.6 is 0 Å². The summed E-state index contributed by atoms with van der Waals surface area (Å²) in [7, 11) is 0. The van der Waals surface area contributed by atoms with Crippen molar-refractivity contribution in [1.82, 2.24) is 0 Å². The van der Waals surface area contributed by atoms with Gasteiger partial charge in [0.05, 0.1) is 13.2 Å². The fourth-order valence-corrected chi connectivity index (χ4v) is 2.17. The Morgan fingerprint density at radius 1 is 1.39 bits per heavy atom. The van der Waals surface area contributed by atoms with Gasteiger partial charge in [-0.15, -0.1) is 0 Å². The fourth-order valence-electron chi connectivity index (χ4n) is 2.17. The number of hydrogen-bond donors (Lipinski definition) is 0. The number of hydrogen-bond acceptors (Lipinski definition) is 5. The van der Waals surface area contributed by atoms with Crippen molar-refractivity contribution in [2.75, 3.05) is 11.4 Å². The Kier molecular flexibility index (Phi) is 4.66. The normalized spacial score (nSPS) is 16.0. The number of fused-ring (bicyclic) bond motifs is 1. The molecule has 1 aliphatic rings. The number of anilines is 1. The van der Waals surface area contributed by atoms with Gasteiger partial charge in [0, 0.05) is 25.1 Å². The SMILES string of the molecule is CC(C)(C)OC(=O)N(CC=O)c1ccc2c(c1)COC(C)(C)O2. The molecular weight excluding hydrogens is 298 g/mol. The molecule has 1 aliphatic heterocycles. The molecule has 0 spiro atoms. The summed E-state index contributed by atoms with van der Waals surface area (Å²) in [6.07, 6.45) is 0.0990. The van der Waals surface area contributed by atoms with E-state index in [4.69, 9.17) is 14.2 Å². The quantitative estimate of drug-likeness (QED) is 0.799. The van der Waals surface area contributed by atoms with Crippen molar-refractivity contribution >= 4 is 18.1 Å². The molecule has 23 heavy (non-hydrogen) atoms. The summed E-state index contributed by atoms with van der Waals surface area (Å²) in [5.41, 5.74) is 0.751. The van der Waals surface area contributed by atoms with E-state index in [2.05, 4.69) is 0 Å². The molecule has 0 atom stereocenters. The summed E-state index contributed by atoms with van der Waals surface area (Å²) in [5, 5.41) is 0. The Labute approximate surface area is 136 Å². The number of benzene rings is 1. The third kappa shape index (κ3) is 4.45. The summed E-state index contributed by atoms with van der Waals surface area (Å²) in [4.78, 5) is 24.5. The van der Waals surface area contributed by atoms with E-state index in [1.54, 1.807) is 39.0 Å². The minimum atomic E-state index is -0.678. The number of nitrogens with zero attached hydrogens (tertiary/aromatic N) is 1. The van der Waals surface area contributed by atoms with Crippen molar-refractivity contribution < 1.29 is 23.8 Å². The average molecular weight is 321 g/mol. The van der Waals surface area contributed by atoms with Crippen LogP contribution in [0.2, 0.25) is 0 Å². The first-order chi connectivity index (χ1) is 10.6. The van der Waals surface area contributed by atoms with Crippen molar-refractivity contribution in [2.45, 2.75) is 52.6 Å². The van der Waals surface area contributed by atoms with Crippen molar-refractivity contribution in [3.63, 3.8) is 0 Å². The molecule has 0 fully saturated rings.